The number of piperazine rings is 1. The van der Waals surface area contributed by atoms with Crippen LogP contribution in [0.5, 0.6) is 0 Å². The minimum Gasteiger partial charge on any atom is -0.378 e. The van der Waals surface area contributed by atoms with Gasteiger partial charge in [-0.15, -0.1) is 4.40 Å². The fourth-order valence-electron chi connectivity index (χ4n) is 4.12. The smallest absolute Gasteiger partial charge is 0.378 e. The van der Waals surface area contributed by atoms with Gasteiger partial charge in [0, 0.05) is 25.6 Å². The van der Waals surface area contributed by atoms with E-state index in [0.717, 1.165) is 29.9 Å². The van der Waals surface area contributed by atoms with Crippen LogP contribution in [0.15, 0.2) is 21.4 Å². The third-order valence-electron chi connectivity index (χ3n) is 6.00. The van der Waals surface area contributed by atoms with Crippen LogP contribution in [0.3, 0.4) is 0 Å². The number of sulfonamides is 1. The lowest BCUT2D eigenvalue weighted by atomic mass is 10.1. The van der Waals surface area contributed by atoms with Gasteiger partial charge >= 0.3 is 6.18 Å². The van der Waals surface area contributed by atoms with Crippen LogP contribution < -0.4 is 10.2 Å². The molecule has 0 spiro atoms. The first kappa shape index (κ1) is 20.0. The van der Waals surface area contributed by atoms with Gasteiger partial charge in [0.2, 0.25) is 0 Å². The highest BCUT2D eigenvalue weighted by atomic mass is 32.2. The Morgan fingerprint density at radius 3 is 2.50 bits per heavy atom. The van der Waals surface area contributed by atoms with Crippen LogP contribution in [0, 0.1) is 11.7 Å². The van der Waals surface area contributed by atoms with Gasteiger partial charge in [-0.3, -0.25) is 4.90 Å². The lowest BCUT2D eigenvalue weighted by Gasteiger charge is -2.48. The normalized spacial score (nSPS) is 27.1. The second-order valence-electron chi connectivity index (χ2n) is 8.09. The molecule has 3 aliphatic heterocycles. The van der Waals surface area contributed by atoms with Crippen molar-refractivity contribution in [1.29, 1.82) is 0 Å². The first-order valence-corrected chi connectivity index (χ1v) is 11.2. The number of anilines is 2. The second kappa shape index (κ2) is 6.79. The maximum absolute atomic E-state index is 14.3. The molecule has 4 aliphatic rings. The Balaban J connectivity index is 1.56. The van der Waals surface area contributed by atoms with Crippen molar-refractivity contribution in [1.82, 2.24) is 4.90 Å². The van der Waals surface area contributed by atoms with Gasteiger partial charge in [-0.2, -0.15) is 21.6 Å². The summed E-state index contributed by atoms with van der Waals surface area (Å²) in [5.41, 5.74) is -0.128. The molecule has 2 saturated heterocycles. The summed E-state index contributed by atoms with van der Waals surface area (Å²) >= 11 is 0. The Hall–Kier alpha value is -1.92. The number of ether oxygens (including phenoxy) is 1. The average molecular weight is 448 g/mol. The summed E-state index contributed by atoms with van der Waals surface area (Å²) in [5.74, 6) is -0.779. The SMILES string of the molecule is O=S1(=O)N=C(C2CC2)Nc2c(N3CCN(C4COC4)C[C@H]3C(F)(F)F)cc(F)cc21. The molecule has 0 amide bonds. The maximum atomic E-state index is 14.3. The summed E-state index contributed by atoms with van der Waals surface area (Å²) in [7, 11) is -4.20. The van der Waals surface area contributed by atoms with Crippen LogP contribution in [0.4, 0.5) is 28.9 Å². The number of rotatable bonds is 3. The van der Waals surface area contributed by atoms with Crippen molar-refractivity contribution >= 4 is 27.2 Å². The van der Waals surface area contributed by atoms with Crippen molar-refractivity contribution in [2.24, 2.45) is 10.3 Å². The maximum Gasteiger partial charge on any atom is 0.409 e. The molecule has 7 nitrogen and oxygen atoms in total. The van der Waals surface area contributed by atoms with Gasteiger partial charge in [0.25, 0.3) is 10.0 Å². The number of hydrogen-bond acceptors (Lipinski definition) is 6. The summed E-state index contributed by atoms with van der Waals surface area (Å²) < 4.78 is 90.3. The first-order chi connectivity index (χ1) is 14.1. The van der Waals surface area contributed by atoms with Gasteiger partial charge in [-0.05, 0) is 25.0 Å². The molecule has 0 aromatic heterocycles. The van der Waals surface area contributed by atoms with Crippen LogP contribution in [0.2, 0.25) is 0 Å². The Morgan fingerprint density at radius 2 is 1.90 bits per heavy atom. The predicted molar refractivity (Wildman–Crippen MR) is 101 cm³/mol. The lowest BCUT2D eigenvalue weighted by molar-refractivity contribution is -0.165. The van der Waals surface area contributed by atoms with Crippen molar-refractivity contribution in [2.75, 3.05) is 43.1 Å². The summed E-state index contributed by atoms with van der Waals surface area (Å²) in [4.78, 5) is 2.36. The molecule has 5 rings (SSSR count). The highest BCUT2D eigenvalue weighted by molar-refractivity contribution is 7.90. The molecule has 30 heavy (non-hydrogen) atoms. The molecule has 1 N–H and O–H groups in total. The van der Waals surface area contributed by atoms with E-state index < -0.39 is 33.0 Å². The Bertz CT molecular complexity index is 1010. The Labute approximate surface area is 170 Å². The third-order valence-corrected chi connectivity index (χ3v) is 7.31. The summed E-state index contributed by atoms with van der Waals surface area (Å²) in [6.07, 6.45) is -3.08. The molecule has 1 saturated carbocycles. The van der Waals surface area contributed by atoms with E-state index in [4.69, 9.17) is 4.74 Å². The standard InChI is InChI=1S/C18H20F4N4O3S/c19-11-5-13(16-14(6-11)30(27,28)24-17(23-16)10-1-2-10)26-4-3-25(12-8-29-9-12)7-15(26)18(20,21)22/h5-6,10,12,15H,1-4,7-9H2,(H,23,24)/t15-/m0/s1. The van der Waals surface area contributed by atoms with Gasteiger partial charge in [0.15, 0.2) is 0 Å². The van der Waals surface area contributed by atoms with Crippen molar-refractivity contribution in [2.45, 2.75) is 36.0 Å². The summed E-state index contributed by atoms with van der Waals surface area (Å²) in [5, 5.41) is 2.90. The highest BCUT2D eigenvalue weighted by Gasteiger charge is 2.49. The first-order valence-electron chi connectivity index (χ1n) is 9.74. The van der Waals surface area contributed by atoms with Gasteiger partial charge in [0.05, 0.1) is 30.6 Å². The van der Waals surface area contributed by atoms with Crippen LogP contribution in [-0.2, 0) is 14.8 Å². The zero-order chi connectivity index (χ0) is 21.3. The minimum absolute atomic E-state index is 0.0196. The largest absolute Gasteiger partial charge is 0.409 e. The van der Waals surface area contributed by atoms with Crippen LogP contribution in [0.1, 0.15) is 12.8 Å². The Kier molecular flexibility index (Phi) is 4.53. The molecular formula is C18H20F4N4O3S. The number of hydrogen-bond donors (Lipinski definition) is 1. The highest BCUT2D eigenvalue weighted by Crippen LogP contribution is 2.43. The summed E-state index contributed by atoms with van der Waals surface area (Å²) in [6.45, 7) is 0.803. The zero-order valence-corrected chi connectivity index (χ0v) is 16.6. The molecule has 0 unspecified atom stereocenters. The fourth-order valence-corrected chi connectivity index (χ4v) is 5.35. The van der Waals surface area contributed by atoms with E-state index in [1.165, 1.54) is 0 Å². The molecule has 0 radical (unpaired) electrons. The van der Waals surface area contributed by atoms with Crippen molar-refractivity contribution in [3.8, 4) is 0 Å². The molecule has 1 aliphatic carbocycles. The molecular weight excluding hydrogens is 428 g/mol. The molecule has 164 valence electrons. The van der Waals surface area contributed by atoms with E-state index in [9.17, 15) is 26.0 Å². The van der Waals surface area contributed by atoms with Crippen molar-refractivity contribution < 1.29 is 30.7 Å². The molecule has 1 aromatic carbocycles. The molecule has 3 fully saturated rings. The Morgan fingerprint density at radius 1 is 1.17 bits per heavy atom. The number of fused-ring (bicyclic) bond motifs is 1. The van der Waals surface area contributed by atoms with E-state index in [-0.39, 0.29) is 42.3 Å². The predicted octanol–water partition coefficient (Wildman–Crippen LogP) is 2.20. The quantitative estimate of drug-likeness (QED) is 0.715. The second-order valence-corrected chi connectivity index (χ2v) is 9.66. The molecule has 0 bridgehead atoms. The van der Waals surface area contributed by atoms with Crippen molar-refractivity contribution in [3.63, 3.8) is 0 Å². The average Bonchev–Trinajstić information content (AvgIpc) is 3.44. The number of benzene rings is 1. The molecule has 12 heteroatoms. The number of amidine groups is 1. The van der Waals surface area contributed by atoms with E-state index in [1.54, 1.807) is 4.90 Å². The number of nitrogens with zero attached hydrogens (tertiary/aromatic N) is 3. The lowest BCUT2D eigenvalue weighted by Crippen LogP contribution is -2.64. The van der Waals surface area contributed by atoms with E-state index in [0.29, 0.717) is 19.8 Å². The van der Waals surface area contributed by atoms with E-state index in [2.05, 4.69) is 9.71 Å². The number of nitrogens with one attached hydrogen (secondary N) is 1. The van der Waals surface area contributed by atoms with E-state index in [1.807, 2.05) is 0 Å². The topological polar surface area (TPSA) is 74.2 Å². The molecule has 3 heterocycles. The van der Waals surface area contributed by atoms with Gasteiger partial charge < -0.3 is 15.0 Å². The summed E-state index contributed by atoms with van der Waals surface area (Å²) in [6, 6.07) is -0.187. The monoisotopic (exact) mass is 448 g/mol. The van der Waals surface area contributed by atoms with Gasteiger partial charge in [-0.1, -0.05) is 0 Å². The minimum atomic E-state index is -4.58. The molecule has 1 atom stereocenters. The van der Waals surface area contributed by atoms with E-state index >= 15 is 0 Å². The van der Waals surface area contributed by atoms with Gasteiger partial charge in [0.1, 0.15) is 22.6 Å². The molecule has 1 aromatic rings. The fraction of sp³-hybridized carbons (Fsp3) is 0.611. The number of halogens is 4. The zero-order valence-electron chi connectivity index (χ0n) is 15.8. The van der Waals surface area contributed by atoms with Crippen LogP contribution in [0.25, 0.3) is 0 Å². The van der Waals surface area contributed by atoms with Crippen LogP contribution >= 0.6 is 0 Å². The van der Waals surface area contributed by atoms with Gasteiger partial charge in [-0.25, -0.2) is 4.39 Å². The van der Waals surface area contributed by atoms with Crippen molar-refractivity contribution in [3.05, 3.63) is 17.9 Å². The van der Waals surface area contributed by atoms with Crippen LogP contribution in [-0.4, -0.2) is 70.3 Å². The number of alkyl halides is 3. The third kappa shape index (κ3) is 3.44.